The van der Waals surface area contributed by atoms with Gasteiger partial charge in [-0.3, -0.25) is 14.9 Å². The first-order valence-electron chi connectivity index (χ1n) is 4.19. The van der Waals surface area contributed by atoms with Gasteiger partial charge in [0, 0.05) is 11.6 Å². The molecule has 6 nitrogen and oxygen atoms in total. The number of phenolic OH excluding ortho intramolecular Hbond substituents is 1. The molecule has 0 saturated heterocycles. The van der Waals surface area contributed by atoms with Gasteiger partial charge in [0.15, 0.2) is 5.75 Å². The van der Waals surface area contributed by atoms with Crippen molar-refractivity contribution in [2.75, 3.05) is 0 Å². The van der Waals surface area contributed by atoms with Crippen molar-refractivity contribution < 1.29 is 19.9 Å². The fourth-order valence-electron chi connectivity index (χ4n) is 0.969. The summed E-state index contributed by atoms with van der Waals surface area (Å²) in [5.74, 6) is 3.27. The number of benzene rings is 1. The summed E-state index contributed by atoms with van der Waals surface area (Å²) in [6, 6.07) is 3.60. The number of nitrogens with zero attached hydrogens (tertiary/aromatic N) is 1. The molecule has 0 radical (unpaired) electrons. The lowest BCUT2D eigenvalue weighted by Crippen LogP contribution is -1.91. The molecule has 2 N–H and O–H groups in total. The van der Waals surface area contributed by atoms with E-state index in [-0.39, 0.29) is 12.0 Å². The van der Waals surface area contributed by atoms with Gasteiger partial charge >= 0.3 is 11.7 Å². The molecule has 0 spiro atoms. The number of aliphatic carboxylic acids is 1. The normalized spacial score (nSPS) is 9.00. The zero-order valence-corrected chi connectivity index (χ0v) is 8.01. The van der Waals surface area contributed by atoms with E-state index in [1.165, 1.54) is 6.07 Å². The van der Waals surface area contributed by atoms with E-state index in [9.17, 15) is 14.9 Å². The maximum absolute atomic E-state index is 10.5. The molecule has 0 fully saturated rings. The molecule has 0 aromatic heterocycles. The van der Waals surface area contributed by atoms with Crippen molar-refractivity contribution in [1.82, 2.24) is 0 Å². The van der Waals surface area contributed by atoms with Crippen LogP contribution in [0.15, 0.2) is 18.2 Å². The first-order valence-corrected chi connectivity index (χ1v) is 4.19. The van der Waals surface area contributed by atoms with E-state index in [0.717, 1.165) is 12.1 Å². The van der Waals surface area contributed by atoms with E-state index in [0.29, 0.717) is 0 Å². The highest BCUT2D eigenvalue weighted by molar-refractivity contribution is 5.70. The first kappa shape index (κ1) is 11.5. The van der Waals surface area contributed by atoms with Crippen LogP contribution in [0.2, 0.25) is 0 Å². The van der Waals surface area contributed by atoms with Gasteiger partial charge in [-0.05, 0) is 12.1 Å². The minimum Gasteiger partial charge on any atom is -0.502 e. The van der Waals surface area contributed by atoms with Crippen LogP contribution in [-0.2, 0) is 4.79 Å². The molecule has 0 amide bonds. The van der Waals surface area contributed by atoms with Crippen LogP contribution in [-0.4, -0.2) is 21.1 Å². The van der Waals surface area contributed by atoms with Crippen molar-refractivity contribution in [3.05, 3.63) is 33.9 Å². The minimum absolute atomic E-state index is 0.283. The molecule has 0 aliphatic carbocycles. The van der Waals surface area contributed by atoms with Gasteiger partial charge in [0.25, 0.3) is 0 Å². The van der Waals surface area contributed by atoms with Crippen molar-refractivity contribution in [1.29, 1.82) is 0 Å². The largest absolute Gasteiger partial charge is 0.502 e. The molecule has 6 heteroatoms. The second-order valence-electron chi connectivity index (χ2n) is 2.83. The molecule has 0 saturated carbocycles. The predicted molar refractivity (Wildman–Crippen MR) is 53.9 cm³/mol. The summed E-state index contributed by atoms with van der Waals surface area (Å²) in [5.41, 5.74) is -0.173. The van der Waals surface area contributed by atoms with Gasteiger partial charge in [-0.2, -0.15) is 0 Å². The third kappa shape index (κ3) is 2.99. The molecule has 1 aromatic rings. The van der Waals surface area contributed by atoms with Crippen LogP contribution < -0.4 is 0 Å². The number of carbonyl (C=O) groups is 1. The molecule has 16 heavy (non-hydrogen) atoms. The van der Waals surface area contributed by atoms with Gasteiger partial charge in [0.1, 0.15) is 6.42 Å². The van der Waals surface area contributed by atoms with Crippen molar-refractivity contribution >= 4 is 11.7 Å². The molecule has 0 unspecified atom stereocenters. The Morgan fingerprint density at radius 1 is 1.50 bits per heavy atom. The molecule has 0 aliphatic rings. The number of carboxylic acid groups (broad SMARTS) is 1. The zero-order valence-electron chi connectivity index (χ0n) is 8.01. The van der Waals surface area contributed by atoms with E-state index < -0.39 is 22.3 Å². The quantitative estimate of drug-likeness (QED) is 0.442. The second kappa shape index (κ2) is 4.79. The average molecular weight is 221 g/mol. The Labute approximate surface area is 90.3 Å². The Balaban J connectivity index is 2.98. The third-order valence-electron chi connectivity index (χ3n) is 1.64. The Kier molecular flexibility index (Phi) is 3.45. The van der Waals surface area contributed by atoms with Gasteiger partial charge in [-0.15, -0.1) is 0 Å². The van der Waals surface area contributed by atoms with E-state index in [1.807, 2.05) is 0 Å². The Morgan fingerprint density at radius 3 is 2.75 bits per heavy atom. The van der Waals surface area contributed by atoms with Crippen molar-refractivity contribution in [3.8, 4) is 17.6 Å². The van der Waals surface area contributed by atoms with Crippen LogP contribution in [0.25, 0.3) is 0 Å². The van der Waals surface area contributed by atoms with Crippen LogP contribution >= 0.6 is 0 Å². The van der Waals surface area contributed by atoms with Crippen LogP contribution in [0.3, 0.4) is 0 Å². The van der Waals surface area contributed by atoms with Gasteiger partial charge < -0.3 is 10.2 Å². The lowest BCUT2D eigenvalue weighted by molar-refractivity contribution is -0.385. The molecule has 0 bridgehead atoms. The van der Waals surface area contributed by atoms with E-state index >= 15 is 0 Å². The summed E-state index contributed by atoms with van der Waals surface area (Å²) in [6.07, 6.45) is -0.339. The lowest BCUT2D eigenvalue weighted by Gasteiger charge is -1.95. The van der Waals surface area contributed by atoms with Gasteiger partial charge in [-0.25, -0.2) is 0 Å². The maximum atomic E-state index is 10.5. The number of carboxylic acids is 1. The van der Waals surface area contributed by atoms with E-state index in [1.54, 1.807) is 0 Å². The molecule has 1 aromatic carbocycles. The van der Waals surface area contributed by atoms with Gasteiger partial charge in [0.05, 0.1) is 4.92 Å². The monoisotopic (exact) mass is 221 g/mol. The number of rotatable bonds is 2. The summed E-state index contributed by atoms with van der Waals surface area (Å²) in [5, 5.41) is 27.9. The maximum Gasteiger partial charge on any atom is 0.315 e. The highest BCUT2D eigenvalue weighted by Gasteiger charge is 2.12. The topological polar surface area (TPSA) is 101 Å². The van der Waals surface area contributed by atoms with Crippen LogP contribution in [0.4, 0.5) is 5.69 Å². The minimum atomic E-state index is -1.07. The SMILES string of the molecule is O=C(O)CC#Cc1ccc(O)c([N+](=O)[O-])c1. The highest BCUT2D eigenvalue weighted by atomic mass is 16.6. The molecule has 82 valence electrons. The number of hydrogen-bond donors (Lipinski definition) is 2. The zero-order chi connectivity index (χ0) is 12.1. The van der Waals surface area contributed by atoms with Crippen molar-refractivity contribution in [2.24, 2.45) is 0 Å². The Bertz CT molecular complexity index is 498. The summed E-state index contributed by atoms with van der Waals surface area (Å²) >= 11 is 0. The Hall–Kier alpha value is -2.55. The van der Waals surface area contributed by atoms with Crippen LogP contribution in [0.1, 0.15) is 12.0 Å². The predicted octanol–water partition coefficient (Wildman–Crippen LogP) is 1.13. The fourth-order valence-corrected chi connectivity index (χ4v) is 0.969. The second-order valence-corrected chi connectivity index (χ2v) is 2.83. The van der Waals surface area contributed by atoms with Gasteiger partial charge in [-0.1, -0.05) is 11.8 Å². The molecule has 0 aliphatic heterocycles. The first-order chi connectivity index (χ1) is 7.50. The summed E-state index contributed by atoms with van der Waals surface area (Å²) in [7, 11) is 0. The average Bonchev–Trinajstić information content (AvgIpc) is 2.19. The number of aromatic hydroxyl groups is 1. The third-order valence-corrected chi connectivity index (χ3v) is 1.64. The van der Waals surface area contributed by atoms with E-state index in [4.69, 9.17) is 10.2 Å². The smallest absolute Gasteiger partial charge is 0.315 e. The van der Waals surface area contributed by atoms with Gasteiger partial charge in [0.2, 0.25) is 0 Å². The summed E-state index contributed by atoms with van der Waals surface area (Å²) in [4.78, 5) is 19.9. The standard InChI is InChI=1S/C10H7NO5/c12-9-5-4-7(2-1-3-10(13)14)6-8(9)11(15)16/h4-6,12H,3H2,(H,13,14). The molecule has 1 rings (SSSR count). The molecule has 0 atom stereocenters. The lowest BCUT2D eigenvalue weighted by atomic mass is 10.2. The number of nitro groups is 1. The van der Waals surface area contributed by atoms with Crippen LogP contribution in [0.5, 0.6) is 5.75 Å². The number of phenols is 1. The fraction of sp³-hybridized carbons (Fsp3) is 0.100. The Morgan fingerprint density at radius 2 is 2.19 bits per heavy atom. The number of hydrogen-bond acceptors (Lipinski definition) is 4. The number of nitro benzene ring substituents is 1. The van der Waals surface area contributed by atoms with Crippen molar-refractivity contribution in [3.63, 3.8) is 0 Å². The molecular weight excluding hydrogens is 214 g/mol. The van der Waals surface area contributed by atoms with E-state index in [2.05, 4.69) is 11.8 Å². The summed E-state index contributed by atoms with van der Waals surface area (Å²) in [6.45, 7) is 0. The summed E-state index contributed by atoms with van der Waals surface area (Å²) < 4.78 is 0. The highest BCUT2D eigenvalue weighted by Crippen LogP contribution is 2.25. The molecular formula is C10H7NO5. The van der Waals surface area contributed by atoms with Crippen molar-refractivity contribution in [2.45, 2.75) is 6.42 Å². The van der Waals surface area contributed by atoms with Crippen LogP contribution in [0, 0.1) is 22.0 Å². The molecule has 0 heterocycles.